The lowest BCUT2D eigenvalue weighted by Crippen LogP contribution is -2.17. The molecule has 64 valence electrons. The molecule has 0 atom stereocenters. The summed E-state index contributed by atoms with van der Waals surface area (Å²) in [6.45, 7) is 0. The zero-order valence-corrected chi connectivity index (χ0v) is 7.49. The smallest absolute Gasteiger partial charge is 0.284 e. The minimum Gasteiger partial charge on any atom is -0.426 e. The standard InChI is InChI=1S/C7H6Cl2N2O/c8-5-2-1-4(3-6(5)9)12-7(10)11/h1-3H,(H3,10,11). The normalized spacial score (nSPS) is 9.50. The molecule has 0 unspecified atom stereocenters. The largest absolute Gasteiger partial charge is 0.426 e. The van der Waals surface area contributed by atoms with Crippen LogP contribution in [0.25, 0.3) is 0 Å². The van der Waals surface area contributed by atoms with E-state index in [1.165, 1.54) is 6.07 Å². The van der Waals surface area contributed by atoms with E-state index >= 15 is 0 Å². The van der Waals surface area contributed by atoms with E-state index in [9.17, 15) is 0 Å². The fourth-order valence-electron chi connectivity index (χ4n) is 0.667. The lowest BCUT2D eigenvalue weighted by atomic mass is 10.3. The molecule has 0 saturated carbocycles. The Labute approximate surface area is 79.5 Å². The summed E-state index contributed by atoms with van der Waals surface area (Å²) in [6.07, 6.45) is 0. The van der Waals surface area contributed by atoms with E-state index < -0.39 is 0 Å². The van der Waals surface area contributed by atoms with Gasteiger partial charge in [0.25, 0.3) is 6.02 Å². The van der Waals surface area contributed by atoms with Crippen LogP contribution in [0, 0.1) is 5.41 Å². The highest BCUT2D eigenvalue weighted by molar-refractivity contribution is 6.42. The molecular weight excluding hydrogens is 199 g/mol. The first kappa shape index (κ1) is 9.16. The second kappa shape index (κ2) is 3.65. The maximum Gasteiger partial charge on any atom is 0.284 e. The van der Waals surface area contributed by atoms with Gasteiger partial charge in [0.15, 0.2) is 0 Å². The number of amidine groups is 1. The van der Waals surface area contributed by atoms with Crippen molar-refractivity contribution < 1.29 is 4.74 Å². The Bertz CT molecular complexity index is 314. The van der Waals surface area contributed by atoms with Gasteiger partial charge in [-0.05, 0) is 12.1 Å². The summed E-state index contributed by atoms with van der Waals surface area (Å²) in [5.41, 5.74) is 5.00. The van der Waals surface area contributed by atoms with Crippen molar-refractivity contribution in [3.8, 4) is 5.75 Å². The third-order valence-corrected chi connectivity index (χ3v) is 1.86. The molecule has 0 heterocycles. The van der Waals surface area contributed by atoms with Crippen LogP contribution in [0.3, 0.4) is 0 Å². The fourth-order valence-corrected chi connectivity index (χ4v) is 0.955. The molecule has 0 spiro atoms. The average Bonchev–Trinajstić information content (AvgIpc) is 1.96. The molecule has 12 heavy (non-hydrogen) atoms. The van der Waals surface area contributed by atoms with E-state index in [2.05, 4.69) is 0 Å². The maximum absolute atomic E-state index is 6.84. The van der Waals surface area contributed by atoms with Gasteiger partial charge in [-0.1, -0.05) is 23.2 Å². The van der Waals surface area contributed by atoms with Crippen molar-refractivity contribution in [1.29, 1.82) is 5.41 Å². The number of halogens is 2. The lowest BCUT2D eigenvalue weighted by molar-refractivity contribution is 0.537. The average molecular weight is 205 g/mol. The van der Waals surface area contributed by atoms with Crippen molar-refractivity contribution >= 4 is 29.2 Å². The third kappa shape index (κ3) is 2.29. The lowest BCUT2D eigenvalue weighted by Gasteiger charge is -2.02. The van der Waals surface area contributed by atoms with Gasteiger partial charge in [0.05, 0.1) is 10.0 Å². The summed E-state index contributed by atoms with van der Waals surface area (Å²) in [7, 11) is 0. The molecule has 3 N–H and O–H groups in total. The maximum atomic E-state index is 6.84. The first-order chi connectivity index (χ1) is 5.59. The molecule has 1 aromatic carbocycles. The van der Waals surface area contributed by atoms with Crippen molar-refractivity contribution in [2.75, 3.05) is 0 Å². The van der Waals surface area contributed by atoms with Crippen molar-refractivity contribution in [2.24, 2.45) is 5.73 Å². The number of benzene rings is 1. The number of ether oxygens (including phenoxy) is 1. The molecule has 0 aromatic heterocycles. The zero-order chi connectivity index (χ0) is 9.14. The Morgan fingerprint density at radius 1 is 1.33 bits per heavy atom. The molecule has 1 aromatic rings. The van der Waals surface area contributed by atoms with Crippen molar-refractivity contribution in [3.05, 3.63) is 28.2 Å². The van der Waals surface area contributed by atoms with Crippen LogP contribution in [0.15, 0.2) is 18.2 Å². The summed E-state index contributed by atoms with van der Waals surface area (Å²) < 4.78 is 4.77. The van der Waals surface area contributed by atoms with Crippen molar-refractivity contribution in [2.45, 2.75) is 0 Å². The van der Waals surface area contributed by atoms with Gasteiger partial charge < -0.3 is 10.5 Å². The van der Waals surface area contributed by atoms with E-state index in [1.54, 1.807) is 12.1 Å². The zero-order valence-electron chi connectivity index (χ0n) is 5.97. The first-order valence-corrected chi connectivity index (χ1v) is 3.82. The van der Waals surface area contributed by atoms with Crippen LogP contribution >= 0.6 is 23.2 Å². The van der Waals surface area contributed by atoms with Crippen LogP contribution in [0.5, 0.6) is 5.75 Å². The van der Waals surface area contributed by atoms with Crippen molar-refractivity contribution in [1.82, 2.24) is 0 Å². The van der Waals surface area contributed by atoms with Crippen LogP contribution in [0.2, 0.25) is 10.0 Å². The van der Waals surface area contributed by atoms with E-state index in [-0.39, 0.29) is 6.02 Å². The van der Waals surface area contributed by atoms with Gasteiger partial charge in [-0.15, -0.1) is 0 Å². The molecule has 0 amide bonds. The predicted octanol–water partition coefficient (Wildman–Crippen LogP) is 2.27. The quantitative estimate of drug-likeness (QED) is 0.545. The highest BCUT2D eigenvalue weighted by Gasteiger charge is 2.00. The molecule has 0 radical (unpaired) electrons. The van der Waals surface area contributed by atoms with Gasteiger partial charge in [0.2, 0.25) is 0 Å². The molecule has 5 heteroatoms. The molecule has 0 aliphatic rings. The third-order valence-electron chi connectivity index (χ3n) is 1.12. The molecule has 0 aliphatic carbocycles. The summed E-state index contributed by atoms with van der Waals surface area (Å²) in [4.78, 5) is 0. The Morgan fingerprint density at radius 2 is 2.00 bits per heavy atom. The van der Waals surface area contributed by atoms with Crippen LogP contribution in [-0.2, 0) is 0 Å². The monoisotopic (exact) mass is 204 g/mol. The van der Waals surface area contributed by atoms with Crippen LogP contribution in [0.1, 0.15) is 0 Å². The summed E-state index contributed by atoms with van der Waals surface area (Å²) in [5, 5.41) is 7.64. The van der Waals surface area contributed by atoms with Crippen LogP contribution in [-0.4, -0.2) is 6.02 Å². The van der Waals surface area contributed by atoms with Gasteiger partial charge >= 0.3 is 0 Å². The Kier molecular flexibility index (Phi) is 2.78. The van der Waals surface area contributed by atoms with Gasteiger partial charge in [0, 0.05) is 6.07 Å². The topological polar surface area (TPSA) is 59.1 Å². The molecule has 0 aliphatic heterocycles. The summed E-state index contributed by atoms with van der Waals surface area (Å²) in [6, 6.07) is 4.26. The second-order valence-corrected chi connectivity index (χ2v) is 2.86. The minimum absolute atomic E-state index is 0.371. The van der Waals surface area contributed by atoms with Gasteiger partial charge in [-0.25, -0.2) is 0 Å². The number of nitrogens with two attached hydrogens (primary N) is 1. The van der Waals surface area contributed by atoms with Crippen molar-refractivity contribution in [3.63, 3.8) is 0 Å². The summed E-state index contributed by atoms with van der Waals surface area (Å²) >= 11 is 11.3. The minimum atomic E-state index is -0.381. The first-order valence-electron chi connectivity index (χ1n) is 3.06. The fraction of sp³-hybridized carbons (Fsp3) is 0. The predicted molar refractivity (Wildman–Crippen MR) is 49.0 cm³/mol. The van der Waals surface area contributed by atoms with Gasteiger partial charge in [0.1, 0.15) is 5.75 Å². The molecule has 0 saturated heterocycles. The van der Waals surface area contributed by atoms with E-state index in [0.29, 0.717) is 15.8 Å². The molecule has 0 fully saturated rings. The van der Waals surface area contributed by atoms with Crippen LogP contribution < -0.4 is 10.5 Å². The Balaban J connectivity index is 2.89. The van der Waals surface area contributed by atoms with E-state index in [0.717, 1.165) is 0 Å². The van der Waals surface area contributed by atoms with Gasteiger partial charge in [-0.3, -0.25) is 5.41 Å². The molecule has 1 rings (SSSR count). The SMILES string of the molecule is N=C(N)Oc1ccc(Cl)c(Cl)c1. The highest BCUT2D eigenvalue weighted by atomic mass is 35.5. The number of rotatable bonds is 1. The molecular formula is C7H6Cl2N2O. The van der Waals surface area contributed by atoms with E-state index in [4.69, 9.17) is 39.1 Å². The molecule has 3 nitrogen and oxygen atoms in total. The number of hydrogen-bond donors (Lipinski definition) is 2. The molecule has 0 bridgehead atoms. The number of nitrogens with one attached hydrogen (secondary N) is 1. The Hall–Kier alpha value is -0.930. The van der Waals surface area contributed by atoms with E-state index in [1.807, 2.05) is 0 Å². The van der Waals surface area contributed by atoms with Crippen LogP contribution in [0.4, 0.5) is 0 Å². The number of hydrogen-bond acceptors (Lipinski definition) is 2. The van der Waals surface area contributed by atoms with Gasteiger partial charge in [-0.2, -0.15) is 0 Å². The Morgan fingerprint density at radius 3 is 2.50 bits per heavy atom. The summed E-state index contributed by atoms with van der Waals surface area (Å²) in [5.74, 6) is 0.400. The second-order valence-electron chi connectivity index (χ2n) is 2.04. The highest BCUT2D eigenvalue weighted by Crippen LogP contribution is 2.26.